The Bertz CT molecular complexity index is 658. The molecule has 0 heterocycles. The normalized spacial score (nSPS) is 42.9. The van der Waals surface area contributed by atoms with E-state index in [-0.39, 0.29) is 5.41 Å². The zero-order valence-electron chi connectivity index (χ0n) is 13.2. The Hall–Kier alpha value is -1.46. The number of aromatic hydroxyl groups is 1. The third-order valence-electron chi connectivity index (χ3n) is 7.10. The molecule has 2 heteroatoms. The maximum Gasteiger partial charge on any atom is 0.130 e. The Balaban J connectivity index is 1.72. The summed E-state index contributed by atoms with van der Waals surface area (Å²) in [6, 6.07) is 5.87. The summed E-state index contributed by atoms with van der Waals surface area (Å²) in [7, 11) is 0. The van der Waals surface area contributed by atoms with Crippen LogP contribution >= 0.6 is 0 Å². The second-order valence-electron chi connectivity index (χ2n) is 7.80. The molecule has 0 amide bonds. The maximum atomic E-state index is 10.9. The summed E-state index contributed by atoms with van der Waals surface area (Å²) in [6.45, 7) is 2.22. The van der Waals surface area contributed by atoms with Gasteiger partial charge in [-0.15, -0.1) is 6.42 Å². The van der Waals surface area contributed by atoms with Crippen LogP contribution < -0.4 is 0 Å². The van der Waals surface area contributed by atoms with Gasteiger partial charge in [-0.2, -0.15) is 0 Å². The molecule has 3 aliphatic carbocycles. The van der Waals surface area contributed by atoms with Crippen LogP contribution in [0.4, 0.5) is 0 Å². The number of phenolic OH excluding ortho intramolecular Hbond substituents is 1. The monoisotopic (exact) mass is 296 g/mol. The molecule has 5 atom stereocenters. The lowest BCUT2D eigenvalue weighted by atomic mass is 9.53. The van der Waals surface area contributed by atoms with Gasteiger partial charge in [0.2, 0.25) is 0 Å². The van der Waals surface area contributed by atoms with E-state index in [4.69, 9.17) is 6.42 Å². The Kier molecular flexibility index (Phi) is 2.91. The van der Waals surface area contributed by atoms with Crippen LogP contribution in [0, 0.1) is 29.6 Å². The van der Waals surface area contributed by atoms with E-state index in [1.165, 1.54) is 11.1 Å². The van der Waals surface area contributed by atoms with E-state index >= 15 is 0 Å². The zero-order valence-corrected chi connectivity index (χ0v) is 13.2. The number of benzene rings is 1. The second-order valence-corrected chi connectivity index (χ2v) is 7.80. The lowest BCUT2D eigenvalue weighted by Gasteiger charge is -2.52. The van der Waals surface area contributed by atoms with Crippen LogP contribution in [0.15, 0.2) is 18.2 Å². The first-order valence-electron chi connectivity index (χ1n) is 8.50. The van der Waals surface area contributed by atoms with E-state index in [1.54, 1.807) is 0 Å². The number of rotatable bonds is 0. The van der Waals surface area contributed by atoms with Crippen molar-refractivity contribution in [1.82, 2.24) is 0 Å². The highest BCUT2D eigenvalue weighted by atomic mass is 16.3. The fourth-order valence-corrected chi connectivity index (χ4v) is 5.82. The topological polar surface area (TPSA) is 40.5 Å². The summed E-state index contributed by atoms with van der Waals surface area (Å²) in [4.78, 5) is 0. The average molecular weight is 296 g/mol. The van der Waals surface area contributed by atoms with Crippen molar-refractivity contribution in [3.8, 4) is 18.1 Å². The van der Waals surface area contributed by atoms with Crippen molar-refractivity contribution in [2.45, 2.75) is 57.0 Å². The summed E-state index contributed by atoms with van der Waals surface area (Å²) in [5, 5.41) is 20.6. The number of terminal acetylenes is 1. The van der Waals surface area contributed by atoms with Crippen molar-refractivity contribution < 1.29 is 10.2 Å². The van der Waals surface area contributed by atoms with Crippen molar-refractivity contribution in [3.05, 3.63) is 29.3 Å². The molecule has 0 radical (unpaired) electrons. The van der Waals surface area contributed by atoms with Gasteiger partial charge in [-0.3, -0.25) is 0 Å². The highest BCUT2D eigenvalue weighted by Crippen LogP contribution is 2.64. The van der Waals surface area contributed by atoms with E-state index in [2.05, 4.69) is 18.9 Å². The van der Waals surface area contributed by atoms with Gasteiger partial charge in [0.05, 0.1) is 0 Å². The summed E-state index contributed by atoms with van der Waals surface area (Å²) >= 11 is 0. The first-order valence-corrected chi connectivity index (χ1v) is 8.50. The number of phenols is 1. The predicted octanol–water partition coefficient (Wildman–Crippen LogP) is 3.61. The number of fused-ring (bicyclic) bond motifs is 5. The van der Waals surface area contributed by atoms with Gasteiger partial charge < -0.3 is 10.2 Å². The molecule has 3 aliphatic rings. The minimum absolute atomic E-state index is 0.128. The average Bonchev–Trinajstić information content (AvgIpc) is 2.79. The molecule has 0 unspecified atom stereocenters. The molecular weight excluding hydrogens is 272 g/mol. The molecule has 0 bridgehead atoms. The zero-order chi connectivity index (χ0) is 15.5. The van der Waals surface area contributed by atoms with Gasteiger partial charge in [0, 0.05) is 5.41 Å². The van der Waals surface area contributed by atoms with Gasteiger partial charge in [0.1, 0.15) is 11.4 Å². The standard InChI is InChI=1S/C20H24O2/c1-3-20(22)11-9-18-17-6-4-13-12-14(21)5-7-15(13)16(17)8-10-19(18,20)2/h1,5,7,12,16-18,21-22H,4,6,8-11H2,2H3/t16-,17+,18+,19+,20-/m0/s1. The molecule has 0 aliphatic heterocycles. The Morgan fingerprint density at radius 3 is 2.82 bits per heavy atom. The van der Waals surface area contributed by atoms with Gasteiger partial charge in [0.25, 0.3) is 0 Å². The molecule has 1 aromatic carbocycles. The van der Waals surface area contributed by atoms with Gasteiger partial charge in [-0.25, -0.2) is 0 Å². The van der Waals surface area contributed by atoms with E-state index in [1.807, 2.05) is 12.1 Å². The molecule has 2 N–H and O–H groups in total. The van der Waals surface area contributed by atoms with Crippen LogP contribution in [0.1, 0.15) is 56.1 Å². The second kappa shape index (κ2) is 4.52. The molecule has 2 saturated carbocycles. The smallest absolute Gasteiger partial charge is 0.130 e. The third kappa shape index (κ3) is 1.66. The Labute approximate surface area is 132 Å². The molecule has 2 nitrogen and oxygen atoms in total. The van der Waals surface area contributed by atoms with Gasteiger partial charge >= 0.3 is 0 Å². The quantitative estimate of drug-likeness (QED) is 0.718. The van der Waals surface area contributed by atoms with Crippen molar-refractivity contribution in [2.75, 3.05) is 0 Å². The van der Waals surface area contributed by atoms with E-state index in [0.717, 1.165) is 38.5 Å². The van der Waals surface area contributed by atoms with Crippen molar-refractivity contribution in [2.24, 2.45) is 17.3 Å². The maximum absolute atomic E-state index is 10.9. The summed E-state index contributed by atoms with van der Waals surface area (Å²) in [5.41, 5.74) is 1.69. The highest BCUT2D eigenvalue weighted by molar-refractivity contribution is 5.40. The molecule has 1 aromatic rings. The minimum atomic E-state index is -0.919. The molecule has 22 heavy (non-hydrogen) atoms. The summed E-state index contributed by atoms with van der Waals surface area (Å²) in [6.07, 6.45) is 11.8. The molecule has 0 spiro atoms. The highest BCUT2D eigenvalue weighted by Gasteiger charge is 2.61. The Morgan fingerprint density at radius 2 is 2.05 bits per heavy atom. The SMILES string of the molecule is C#C[C@]1(O)CC[C@@H]2[C@@H]3CCc4cc(O)ccc4[C@@H]3CC[C@]21C. The molecule has 2 fully saturated rings. The van der Waals surface area contributed by atoms with Gasteiger partial charge in [-0.1, -0.05) is 18.9 Å². The third-order valence-corrected chi connectivity index (χ3v) is 7.10. The lowest BCUT2D eigenvalue weighted by molar-refractivity contribution is -0.0646. The number of hydrogen-bond donors (Lipinski definition) is 2. The largest absolute Gasteiger partial charge is 0.508 e. The fraction of sp³-hybridized carbons (Fsp3) is 0.600. The van der Waals surface area contributed by atoms with Crippen molar-refractivity contribution in [1.29, 1.82) is 0 Å². The summed E-state index contributed by atoms with van der Waals surface area (Å²) < 4.78 is 0. The molecule has 0 aromatic heterocycles. The van der Waals surface area contributed by atoms with Crippen LogP contribution in [0.3, 0.4) is 0 Å². The first-order chi connectivity index (χ1) is 10.5. The van der Waals surface area contributed by atoms with Gasteiger partial charge in [-0.05, 0) is 79.5 Å². The predicted molar refractivity (Wildman–Crippen MR) is 86.5 cm³/mol. The fourth-order valence-electron chi connectivity index (χ4n) is 5.82. The first kappa shape index (κ1) is 14.2. The lowest BCUT2D eigenvalue weighted by Crippen LogP contribution is -2.50. The van der Waals surface area contributed by atoms with Crippen molar-refractivity contribution >= 4 is 0 Å². The van der Waals surface area contributed by atoms with Crippen molar-refractivity contribution in [3.63, 3.8) is 0 Å². The van der Waals surface area contributed by atoms with Crippen LogP contribution in [-0.2, 0) is 6.42 Å². The van der Waals surface area contributed by atoms with E-state index in [9.17, 15) is 10.2 Å². The van der Waals surface area contributed by atoms with E-state index in [0.29, 0.717) is 23.5 Å². The number of aliphatic hydroxyl groups is 1. The van der Waals surface area contributed by atoms with Crippen LogP contribution in [0.5, 0.6) is 5.75 Å². The molecule has 116 valence electrons. The van der Waals surface area contributed by atoms with Gasteiger partial charge in [0.15, 0.2) is 0 Å². The van der Waals surface area contributed by atoms with E-state index < -0.39 is 5.60 Å². The van der Waals surface area contributed by atoms with Crippen LogP contribution in [0.25, 0.3) is 0 Å². The molecular formula is C20H24O2. The molecule has 4 rings (SSSR count). The van der Waals surface area contributed by atoms with Crippen LogP contribution in [0.2, 0.25) is 0 Å². The Morgan fingerprint density at radius 1 is 1.23 bits per heavy atom. The number of aryl methyl sites for hydroxylation is 1. The minimum Gasteiger partial charge on any atom is -0.508 e. The molecule has 0 saturated heterocycles. The summed E-state index contributed by atoms with van der Waals surface area (Å²) in [5.74, 6) is 4.82. The van der Waals surface area contributed by atoms with Crippen LogP contribution in [-0.4, -0.2) is 15.8 Å². The number of hydrogen-bond acceptors (Lipinski definition) is 2.